The lowest BCUT2D eigenvalue weighted by atomic mass is 9.88. The van der Waals surface area contributed by atoms with Gasteiger partial charge in [0.1, 0.15) is 13.2 Å². The molecule has 2 aliphatic rings. The van der Waals surface area contributed by atoms with Crippen molar-refractivity contribution >= 4 is 29.4 Å². The first-order valence-corrected chi connectivity index (χ1v) is 10.6. The normalized spacial score (nSPS) is 16.7. The Labute approximate surface area is 181 Å². The van der Waals surface area contributed by atoms with E-state index in [0.29, 0.717) is 61.2 Å². The minimum atomic E-state index is -0.0866. The van der Waals surface area contributed by atoms with Crippen LogP contribution in [0.5, 0.6) is 11.5 Å². The Kier molecular flexibility index (Phi) is 6.09. The summed E-state index contributed by atoms with van der Waals surface area (Å²) in [7, 11) is 0. The Morgan fingerprint density at radius 1 is 1.03 bits per heavy atom. The molecule has 0 aromatic heterocycles. The SMILES string of the molecule is Cc1ccc(/C=C/C(=O)N2CCC(C(=O)c3ccc4c(c3)OCCO4)CC2)cc1Cl. The average Bonchev–Trinajstić information content (AvgIpc) is 2.79. The number of aryl methyl sites for hydroxylation is 1. The van der Waals surface area contributed by atoms with Crippen molar-refractivity contribution in [3.05, 3.63) is 64.2 Å². The van der Waals surface area contributed by atoms with E-state index >= 15 is 0 Å². The zero-order valence-corrected chi connectivity index (χ0v) is 17.7. The molecule has 5 nitrogen and oxygen atoms in total. The summed E-state index contributed by atoms with van der Waals surface area (Å²) in [6.07, 6.45) is 4.66. The molecule has 0 saturated carbocycles. The molecule has 156 valence electrons. The number of carbonyl (C=O) groups is 2. The van der Waals surface area contributed by atoms with Crippen molar-refractivity contribution in [3.63, 3.8) is 0 Å². The summed E-state index contributed by atoms with van der Waals surface area (Å²) in [4.78, 5) is 27.2. The second-order valence-electron chi connectivity index (χ2n) is 7.66. The van der Waals surface area contributed by atoms with Crippen LogP contribution in [-0.4, -0.2) is 42.9 Å². The Morgan fingerprint density at radius 3 is 2.50 bits per heavy atom. The van der Waals surface area contributed by atoms with Crippen LogP contribution in [0.2, 0.25) is 5.02 Å². The summed E-state index contributed by atoms with van der Waals surface area (Å²) < 4.78 is 11.1. The van der Waals surface area contributed by atoms with E-state index in [1.807, 2.05) is 25.1 Å². The van der Waals surface area contributed by atoms with Crippen molar-refractivity contribution in [1.82, 2.24) is 4.90 Å². The van der Waals surface area contributed by atoms with Gasteiger partial charge in [0, 0.05) is 35.7 Å². The second-order valence-corrected chi connectivity index (χ2v) is 8.07. The van der Waals surface area contributed by atoms with Crippen molar-refractivity contribution in [2.75, 3.05) is 26.3 Å². The van der Waals surface area contributed by atoms with Crippen LogP contribution in [0.25, 0.3) is 6.08 Å². The summed E-state index contributed by atoms with van der Waals surface area (Å²) in [6, 6.07) is 11.1. The molecule has 2 aromatic carbocycles. The number of amides is 1. The first-order chi connectivity index (χ1) is 14.5. The molecule has 0 spiro atoms. The standard InChI is InChI=1S/C24H24ClNO4/c1-16-2-3-17(14-20(16)25)4-7-23(27)26-10-8-18(9-11-26)24(28)19-5-6-21-22(15-19)30-13-12-29-21/h2-7,14-15,18H,8-13H2,1H3/b7-4+. The molecule has 1 fully saturated rings. The fourth-order valence-electron chi connectivity index (χ4n) is 3.78. The van der Waals surface area contributed by atoms with Gasteiger partial charge in [-0.2, -0.15) is 0 Å². The maximum Gasteiger partial charge on any atom is 0.246 e. The third kappa shape index (κ3) is 4.51. The van der Waals surface area contributed by atoms with Gasteiger partial charge in [-0.25, -0.2) is 0 Å². The van der Waals surface area contributed by atoms with Crippen molar-refractivity contribution < 1.29 is 19.1 Å². The molecule has 0 unspecified atom stereocenters. The summed E-state index contributed by atoms with van der Waals surface area (Å²) in [5.74, 6) is 1.28. The number of ether oxygens (including phenoxy) is 2. The topological polar surface area (TPSA) is 55.8 Å². The van der Waals surface area contributed by atoms with Gasteiger partial charge < -0.3 is 14.4 Å². The summed E-state index contributed by atoms with van der Waals surface area (Å²) in [6.45, 7) is 4.10. The van der Waals surface area contributed by atoms with Gasteiger partial charge in [0.2, 0.25) is 5.91 Å². The summed E-state index contributed by atoms with van der Waals surface area (Å²) >= 11 is 6.14. The zero-order valence-electron chi connectivity index (χ0n) is 16.9. The molecular formula is C24H24ClNO4. The third-order valence-corrected chi connectivity index (χ3v) is 6.03. The Bertz CT molecular complexity index is 993. The minimum Gasteiger partial charge on any atom is -0.486 e. The van der Waals surface area contributed by atoms with Crippen molar-refractivity contribution in [1.29, 1.82) is 0 Å². The molecule has 30 heavy (non-hydrogen) atoms. The quantitative estimate of drug-likeness (QED) is 0.532. The molecular weight excluding hydrogens is 402 g/mol. The molecule has 2 heterocycles. The van der Waals surface area contributed by atoms with E-state index < -0.39 is 0 Å². The maximum absolute atomic E-state index is 12.9. The number of nitrogens with zero attached hydrogens (tertiary/aromatic N) is 1. The number of carbonyl (C=O) groups excluding carboxylic acids is 2. The predicted octanol–water partition coefficient (Wildman–Crippen LogP) is 4.55. The molecule has 2 aliphatic heterocycles. The molecule has 0 radical (unpaired) electrons. The number of Topliss-reactive ketones (excluding diaryl/α,β-unsaturated/α-hetero) is 1. The highest BCUT2D eigenvalue weighted by Gasteiger charge is 2.28. The molecule has 0 bridgehead atoms. The molecule has 4 rings (SSSR count). The minimum absolute atomic E-state index is 0.0445. The van der Waals surface area contributed by atoms with E-state index in [0.717, 1.165) is 11.1 Å². The van der Waals surface area contributed by atoms with Gasteiger partial charge in [0.05, 0.1) is 0 Å². The number of hydrogen-bond donors (Lipinski definition) is 0. The number of piperidine rings is 1. The Morgan fingerprint density at radius 2 is 1.77 bits per heavy atom. The molecule has 0 atom stereocenters. The molecule has 0 aliphatic carbocycles. The van der Waals surface area contributed by atoms with Crippen LogP contribution < -0.4 is 9.47 Å². The highest BCUT2D eigenvalue weighted by molar-refractivity contribution is 6.31. The molecule has 0 N–H and O–H groups in total. The number of halogens is 1. The fourth-order valence-corrected chi connectivity index (χ4v) is 3.97. The monoisotopic (exact) mass is 425 g/mol. The number of hydrogen-bond acceptors (Lipinski definition) is 4. The predicted molar refractivity (Wildman–Crippen MR) is 116 cm³/mol. The zero-order chi connectivity index (χ0) is 21.1. The van der Waals surface area contributed by atoms with Crippen molar-refractivity contribution in [3.8, 4) is 11.5 Å². The van der Waals surface area contributed by atoms with Crippen LogP contribution in [-0.2, 0) is 4.79 Å². The number of rotatable bonds is 4. The lowest BCUT2D eigenvalue weighted by Gasteiger charge is -2.30. The van der Waals surface area contributed by atoms with Crippen LogP contribution >= 0.6 is 11.6 Å². The van der Waals surface area contributed by atoms with Crippen LogP contribution in [0.15, 0.2) is 42.5 Å². The summed E-state index contributed by atoms with van der Waals surface area (Å²) in [5.41, 5.74) is 2.53. The molecule has 1 saturated heterocycles. The fraction of sp³-hybridized carbons (Fsp3) is 0.333. The smallest absolute Gasteiger partial charge is 0.246 e. The van der Waals surface area contributed by atoms with E-state index in [2.05, 4.69) is 0 Å². The van der Waals surface area contributed by atoms with E-state index in [1.54, 1.807) is 35.3 Å². The maximum atomic E-state index is 12.9. The molecule has 1 amide bonds. The van der Waals surface area contributed by atoms with E-state index in [9.17, 15) is 9.59 Å². The third-order valence-electron chi connectivity index (χ3n) is 5.62. The number of ketones is 1. The number of benzene rings is 2. The van der Waals surface area contributed by atoms with E-state index in [-0.39, 0.29) is 17.6 Å². The van der Waals surface area contributed by atoms with Gasteiger partial charge in [-0.15, -0.1) is 0 Å². The highest BCUT2D eigenvalue weighted by atomic mass is 35.5. The van der Waals surface area contributed by atoms with Gasteiger partial charge in [-0.3, -0.25) is 9.59 Å². The lowest BCUT2D eigenvalue weighted by molar-refractivity contribution is -0.127. The highest BCUT2D eigenvalue weighted by Crippen LogP contribution is 2.32. The van der Waals surface area contributed by atoms with Gasteiger partial charge in [-0.1, -0.05) is 23.7 Å². The van der Waals surface area contributed by atoms with Crippen LogP contribution in [0.1, 0.15) is 34.3 Å². The van der Waals surface area contributed by atoms with Crippen molar-refractivity contribution in [2.45, 2.75) is 19.8 Å². The summed E-state index contributed by atoms with van der Waals surface area (Å²) in [5, 5.41) is 0.683. The number of fused-ring (bicyclic) bond motifs is 1. The first kappa shape index (κ1) is 20.5. The van der Waals surface area contributed by atoms with Gasteiger partial charge in [0.25, 0.3) is 0 Å². The van der Waals surface area contributed by atoms with Gasteiger partial charge in [-0.05, 0) is 61.2 Å². The lowest BCUT2D eigenvalue weighted by Crippen LogP contribution is -2.39. The largest absolute Gasteiger partial charge is 0.486 e. The van der Waals surface area contributed by atoms with Crippen molar-refractivity contribution in [2.24, 2.45) is 5.92 Å². The van der Waals surface area contributed by atoms with Crippen LogP contribution in [0.4, 0.5) is 0 Å². The Balaban J connectivity index is 1.34. The number of likely N-dealkylation sites (tertiary alicyclic amines) is 1. The van der Waals surface area contributed by atoms with Gasteiger partial charge >= 0.3 is 0 Å². The van der Waals surface area contributed by atoms with Crippen LogP contribution in [0, 0.1) is 12.8 Å². The van der Waals surface area contributed by atoms with Crippen LogP contribution in [0.3, 0.4) is 0 Å². The Hall–Kier alpha value is -2.79. The second kappa shape index (κ2) is 8.92. The van der Waals surface area contributed by atoms with E-state index in [1.165, 1.54) is 0 Å². The molecule has 2 aromatic rings. The van der Waals surface area contributed by atoms with Gasteiger partial charge in [0.15, 0.2) is 17.3 Å². The van der Waals surface area contributed by atoms with E-state index in [4.69, 9.17) is 21.1 Å². The molecule has 6 heteroatoms. The average molecular weight is 426 g/mol. The first-order valence-electron chi connectivity index (χ1n) is 10.2.